The Bertz CT molecular complexity index is 485. The molecule has 0 aliphatic rings. The van der Waals surface area contributed by atoms with Gasteiger partial charge in [-0.2, -0.15) is 0 Å². The first-order valence-electron chi connectivity index (χ1n) is 6.66. The molecule has 4 heteroatoms. The highest BCUT2D eigenvalue weighted by Gasteiger charge is 2.11. The molecule has 2 amide bonds. The normalized spacial score (nSPS) is 13.2. The van der Waals surface area contributed by atoms with Crippen molar-refractivity contribution in [1.29, 1.82) is 0 Å². The van der Waals surface area contributed by atoms with Gasteiger partial charge in [-0.3, -0.25) is 0 Å². The third-order valence-corrected chi connectivity index (χ3v) is 2.89. The van der Waals surface area contributed by atoms with Crippen molar-refractivity contribution in [3.8, 4) is 12.3 Å². The first kappa shape index (κ1) is 16.1. The van der Waals surface area contributed by atoms with Crippen LogP contribution in [0.25, 0.3) is 0 Å². The predicted octanol–water partition coefficient (Wildman–Crippen LogP) is 2.05. The van der Waals surface area contributed by atoms with Gasteiger partial charge in [-0.15, -0.1) is 12.3 Å². The lowest BCUT2D eigenvalue weighted by Crippen LogP contribution is -2.42. The molecule has 3 N–H and O–H groups in total. The molecular weight excluding hydrogens is 252 g/mol. The summed E-state index contributed by atoms with van der Waals surface area (Å²) in [6.07, 6.45) is 4.93. The molecule has 0 aliphatic carbocycles. The number of aliphatic hydroxyl groups excluding tert-OH is 1. The van der Waals surface area contributed by atoms with Gasteiger partial charge in [0, 0.05) is 19.0 Å². The number of carbonyl (C=O) groups excluding carboxylic acids is 1. The molecule has 4 nitrogen and oxygen atoms in total. The molecule has 2 atom stereocenters. The highest BCUT2D eigenvalue weighted by molar-refractivity contribution is 5.74. The average Bonchev–Trinajstić information content (AvgIpc) is 2.35. The van der Waals surface area contributed by atoms with Crippen LogP contribution in [0.1, 0.15) is 36.1 Å². The zero-order valence-corrected chi connectivity index (χ0v) is 12.2. The molecular formula is C16H22N2O2. The van der Waals surface area contributed by atoms with Crippen molar-refractivity contribution in [1.82, 2.24) is 10.6 Å². The summed E-state index contributed by atoms with van der Waals surface area (Å²) in [5.74, 6) is 2.48. The average molecular weight is 274 g/mol. The second kappa shape index (κ2) is 7.56. The highest BCUT2D eigenvalue weighted by Crippen LogP contribution is 2.16. The van der Waals surface area contributed by atoms with Gasteiger partial charge in [-0.25, -0.2) is 4.79 Å². The monoisotopic (exact) mass is 274 g/mol. The lowest BCUT2D eigenvalue weighted by Gasteiger charge is -2.16. The van der Waals surface area contributed by atoms with Crippen LogP contribution in [0.5, 0.6) is 0 Å². The Labute approximate surface area is 120 Å². The number of hydrogen-bond acceptors (Lipinski definition) is 2. The third kappa shape index (κ3) is 5.33. The van der Waals surface area contributed by atoms with Gasteiger partial charge in [0.1, 0.15) is 0 Å². The van der Waals surface area contributed by atoms with Crippen LogP contribution in [0.15, 0.2) is 18.2 Å². The van der Waals surface area contributed by atoms with Gasteiger partial charge >= 0.3 is 6.03 Å². The number of rotatable bonds is 5. The Hall–Kier alpha value is -1.99. The molecule has 1 aromatic rings. The number of terminal acetylenes is 1. The minimum atomic E-state index is -0.720. The number of hydrogen-bond donors (Lipinski definition) is 3. The van der Waals surface area contributed by atoms with Crippen molar-refractivity contribution in [2.24, 2.45) is 0 Å². The summed E-state index contributed by atoms with van der Waals surface area (Å²) < 4.78 is 0. The molecule has 0 heterocycles. The second-order valence-electron chi connectivity index (χ2n) is 5.10. The number of urea groups is 1. The number of amides is 2. The van der Waals surface area contributed by atoms with Gasteiger partial charge < -0.3 is 15.7 Å². The van der Waals surface area contributed by atoms with Crippen LogP contribution in [0, 0.1) is 26.2 Å². The summed E-state index contributed by atoms with van der Waals surface area (Å²) in [5.41, 5.74) is 2.98. The van der Waals surface area contributed by atoms with E-state index in [0.717, 1.165) is 16.7 Å². The van der Waals surface area contributed by atoms with E-state index < -0.39 is 6.10 Å². The fraction of sp³-hybridized carbons (Fsp3) is 0.438. The molecule has 0 saturated heterocycles. The maximum atomic E-state index is 11.6. The van der Waals surface area contributed by atoms with E-state index in [1.165, 1.54) is 0 Å². The van der Waals surface area contributed by atoms with Crippen LogP contribution in [0.2, 0.25) is 0 Å². The fourth-order valence-electron chi connectivity index (χ4n) is 2.01. The summed E-state index contributed by atoms with van der Waals surface area (Å²) in [6.45, 7) is 5.95. The maximum absolute atomic E-state index is 11.6. The van der Waals surface area contributed by atoms with Crippen molar-refractivity contribution in [3.05, 3.63) is 34.9 Å². The molecule has 108 valence electrons. The third-order valence-electron chi connectivity index (χ3n) is 2.89. The lowest BCUT2D eigenvalue weighted by molar-refractivity contribution is 0.172. The van der Waals surface area contributed by atoms with Gasteiger partial charge in [-0.1, -0.05) is 29.3 Å². The molecule has 0 aromatic heterocycles. The maximum Gasteiger partial charge on any atom is 0.315 e. The topological polar surface area (TPSA) is 61.4 Å². The predicted molar refractivity (Wildman–Crippen MR) is 80.3 cm³/mol. The van der Waals surface area contributed by atoms with Gasteiger partial charge in [-0.05, 0) is 26.3 Å². The quantitative estimate of drug-likeness (QED) is 0.720. The summed E-state index contributed by atoms with van der Waals surface area (Å²) >= 11 is 0. The van der Waals surface area contributed by atoms with Crippen LogP contribution in [0.4, 0.5) is 4.79 Å². The molecule has 1 rings (SSSR count). The van der Waals surface area contributed by atoms with E-state index in [9.17, 15) is 9.90 Å². The highest BCUT2D eigenvalue weighted by atomic mass is 16.3. The number of nitrogens with one attached hydrogen (secondary N) is 2. The van der Waals surface area contributed by atoms with Crippen LogP contribution >= 0.6 is 0 Å². The number of carbonyl (C=O) groups is 1. The molecule has 0 unspecified atom stereocenters. The number of aryl methyl sites for hydroxylation is 2. The summed E-state index contributed by atoms with van der Waals surface area (Å²) in [5, 5.41) is 15.4. The first-order valence-corrected chi connectivity index (χ1v) is 6.66. The van der Waals surface area contributed by atoms with E-state index in [4.69, 9.17) is 6.42 Å². The van der Waals surface area contributed by atoms with Crippen molar-refractivity contribution >= 4 is 6.03 Å². The first-order chi connectivity index (χ1) is 9.42. The summed E-state index contributed by atoms with van der Waals surface area (Å²) in [7, 11) is 0. The molecule has 0 bridgehead atoms. The molecule has 1 aromatic carbocycles. The standard InChI is InChI=1S/C16H22N2O2/c1-5-6-13(4)18-16(20)17-10-15(19)14-8-11(2)7-12(3)9-14/h1,7-9,13,15,19H,6,10H2,2-4H3,(H2,17,18,20)/t13-,15-/m1/s1. The zero-order chi connectivity index (χ0) is 15.1. The van der Waals surface area contributed by atoms with Crippen LogP contribution in [-0.2, 0) is 0 Å². The molecule has 20 heavy (non-hydrogen) atoms. The Morgan fingerprint density at radius 2 is 1.95 bits per heavy atom. The van der Waals surface area contributed by atoms with E-state index in [1.807, 2.05) is 39.0 Å². The SMILES string of the molecule is C#CC[C@@H](C)NC(=O)NC[C@@H](O)c1cc(C)cc(C)c1. The molecule has 0 aliphatic heterocycles. The minimum absolute atomic E-state index is 0.0849. The Balaban J connectivity index is 2.49. The van der Waals surface area contributed by atoms with Crippen LogP contribution in [0.3, 0.4) is 0 Å². The second-order valence-corrected chi connectivity index (χ2v) is 5.10. The fourth-order valence-corrected chi connectivity index (χ4v) is 2.01. The van der Waals surface area contributed by atoms with Crippen molar-refractivity contribution in [2.75, 3.05) is 6.54 Å². The lowest BCUT2D eigenvalue weighted by atomic mass is 10.0. The smallest absolute Gasteiger partial charge is 0.315 e. The Kier molecular flexibility index (Phi) is 6.08. The number of aliphatic hydroxyl groups is 1. The van der Waals surface area contributed by atoms with E-state index in [0.29, 0.717) is 6.42 Å². The largest absolute Gasteiger partial charge is 0.387 e. The van der Waals surface area contributed by atoms with E-state index in [-0.39, 0.29) is 18.6 Å². The molecule has 0 spiro atoms. The van der Waals surface area contributed by atoms with E-state index in [1.54, 1.807) is 0 Å². The molecule has 0 saturated carbocycles. The van der Waals surface area contributed by atoms with E-state index in [2.05, 4.69) is 16.6 Å². The van der Waals surface area contributed by atoms with Crippen molar-refractivity contribution in [3.63, 3.8) is 0 Å². The minimum Gasteiger partial charge on any atom is -0.387 e. The number of benzene rings is 1. The van der Waals surface area contributed by atoms with Gasteiger partial charge in [0.25, 0.3) is 0 Å². The van der Waals surface area contributed by atoms with Crippen LogP contribution in [-0.4, -0.2) is 23.7 Å². The van der Waals surface area contributed by atoms with E-state index >= 15 is 0 Å². The molecule has 0 fully saturated rings. The molecule has 0 radical (unpaired) electrons. The van der Waals surface area contributed by atoms with Crippen molar-refractivity contribution in [2.45, 2.75) is 39.3 Å². The van der Waals surface area contributed by atoms with Gasteiger partial charge in [0.2, 0.25) is 0 Å². The van der Waals surface area contributed by atoms with Gasteiger partial charge in [0.15, 0.2) is 0 Å². The van der Waals surface area contributed by atoms with Crippen LogP contribution < -0.4 is 10.6 Å². The summed E-state index contributed by atoms with van der Waals surface area (Å²) in [6, 6.07) is 5.46. The Morgan fingerprint density at radius 3 is 2.50 bits per heavy atom. The Morgan fingerprint density at radius 1 is 1.35 bits per heavy atom. The zero-order valence-electron chi connectivity index (χ0n) is 12.2. The summed E-state index contributed by atoms with van der Waals surface area (Å²) in [4.78, 5) is 11.6. The van der Waals surface area contributed by atoms with Gasteiger partial charge in [0.05, 0.1) is 6.10 Å². The van der Waals surface area contributed by atoms with Crippen molar-refractivity contribution < 1.29 is 9.90 Å².